The topological polar surface area (TPSA) is 66.0 Å². The highest BCUT2D eigenvalue weighted by Gasteiger charge is 2.29. The van der Waals surface area contributed by atoms with Crippen LogP contribution in [-0.2, 0) is 6.42 Å². The van der Waals surface area contributed by atoms with Crippen molar-refractivity contribution < 1.29 is 9.21 Å². The summed E-state index contributed by atoms with van der Waals surface area (Å²) >= 11 is 0. The number of furan rings is 1. The number of nitrogens with zero attached hydrogens (tertiary/aromatic N) is 1. The van der Waals surface area contributed by atoms with Gasteiger partial charge < -0.3 is 9.73 Å². The molecule has 0 aromatic carbocycles. The molecule has 1 fully saturated rings. The third kappa shape index (κ3) is 2.33. The number of carbonyl (C=O) groups is 1. The minimum absolute atomic E-state index is 0.00731. The van der Waals surface area contributed by atoms with E-state index in [-0.39, 0.29) is 17.9 Å². The molecule has 4 heteroatoms. The van der Waals surface area contributed by atoms with Gasteiger partial charge in [0.2, 0.25) is 0 Å². The van der Waals surface area contributed by atoms with Crippen LogP contribution in [0.3, 0.4) is 0 Å². The van der Waals surface area contributed by atoms with Crippen molar-refractivity contribution in [2.45, 2.75) is 38.6 Å². The quantitative estimate of drug-likeness (QED) is 0.869. The molecule has 0 saturated heterocycles. The van der Waals surface area contributed by atoms with Crippen LogP contribution in [0, 0.1) is 17.2 Å². The fraction of sp³-hybridized carbons (Fsp3) is 0.538. The molecule has 17 heavy (non-hydrogen) atoms. The number of amides is 1. The van der Waals surface area contributed by atoms with Gasteiger partial charge >= 0.3 is 0 Å². The fourth-order valence-corrected chi connectivity index (χ4v) is 2.35. The molecule has 0 aliphatic heterocycles. The zero-order valence-corrected chi connectivity index (χ0v) is 9.90. The highest BCUT2D eigenvalue weighted by atomic mass is 16.3. The Kier molecular flexibility index (Phi) is 3.48. The third-order valence-electron chi connectivity index (χ3n) is 3.31. The van der Waals surface area contributed by atoms with Crippen LogP contribution in [0.15, 0.2) is 16.7 Å². The van der Waals surface area contributed by atoms with Crippen LogP contribution in [0.5, 0.6) is 0 Å². The Morgan fingerprint density at radius 2 is 2.47 bits per heavy atom. The predicted molar refractivity (Wildman–Crippen MR) is 62.3 cm³/mol. The lowest BCUT2D eigenvalue weighted by Crippen LogP contribution is -2.37. The van der Waals surface area contributed by atoms with Gasteiger partial charge in [0, 0.05) is 12.5 Å². The van der Waals surface area contributed by atoms with Gasteiger partial charge in [-0.05, 0) is 25.3 Å². The first-order valence-electron chi connectivity index (χ1n) is 6.03. The summed E-state index contributed by atoms with van der Waals surface area (Å²) in [6.07, 6.45) is 5.01. The number of hydrogen-bond donors (Lipinski definition) is 1. The molecule has 1 aliphatic carbocycles. The van der Waals surface area contributed by atoms with Crippen molar-refractivity contribution in [1.29, 1.82) is 5.26 Å². The van der Waals surface area contributed by atoms with Crippen molar-refractivity contribution in [3.8, 4) is 6.07 Å². The van der Waals surface area contributed by atoms with Crippen LogP contribution in [0.25, 0.3) is 0 Å². The van der Waals surface area contributed by atoms with Gasteiger partial charge in [0.1, 0.15) is 5.76 Å². The standard InChI is InChI=1S/C13H16N2O2/c1-2-12-10(6-7-17-12)13(16)15-11-5-3-4-9(11)8-14/h6-7,9,11H,2-5H2,1H3,(H,15,16). The van der Waals surface area contributed by atoms with Crippen molar-refractivity contribution in [2.75, 3.05) is 0 Å². The maximum Gasteiger partial charge on any atom is 0.255 e. The zero-order chi connectivity index (χ0) is 12.3. The van der Waals surface area contributed by atoms with Gasteiger partial charge in [-0.25, -0.2) is 0 Å². The molecule has 4 nitrogen and oxygen atoms in total. The monoisotopic (exact) mass is 232 g/mol. The molecular weight excluding hydrogens is 216 g/mol. The zero-order valence-electron chi connectivity index (χ0n) is 9.90. The molecule has 1 saturated carbocycles. The summed E-state index contributed by atoms with van der Waals surface area (Å²) in [6.45, 7) is 1.95. The lowest BCUT2D eigenvalue weighted by molar-refractivity contribution is 0.0931. The van der Waals surface area contributed by atoms with Crippen LogP contribution in [0.1, 0.15) is 42.3 Å². The number of carbonyl (C=O) groups excluding carboxylic acids is 1. The van der Waals surface area contributed by atoms with Crippen molar-refractivity contribution in [1.82, 2.24) is 5.32 Å². The highest BCUT2D eigenvalue weighted by Crippen LogP contribution is 2.25. The van der Waals surface area contributed by atoms with Gasteiger partial charge in [-0.15, -0.1) is 0 Å². The molecule has 0 bridgehead atoms. The Balaban J connectivity index is 2.05. The largest absolute Gasteiger partial charge is 0.469 e. The van der Waals surface area contributed by atoms with E-state index in [9.17, 15) is 4.79 Å². The first kappa shape index (κ1) is 11.7. The maximum atomic E-state index is 12.0. The lowest BCUT2D eigenvalue weighted by Gasteiger charge is -2.15. The Hall–Kier alpha value is -1.76. The number of rotatable bonds is 3. The molecule has 1 heterocycles. The molecule has 90 valence electrons. The molecule has 2 unspecified atom stereocenters. The van der Waals surface area contributed by atoms with E-state index in [1.54, 1.807) is 6.07 Å². The summed E-state index contributed by atoms with van der Waals surface area (Å²) in [4.78, 5) is 12.0. The average Bonchev–Trinajstić information content (AvgIpc) is 2.96. The molecule has 2 rings (SSSR count). The van der Waals surface area contributed by atoms with Gasteiger partial charge in [0.25, 0.3) is 5.91 Å². The van der Waals surface area contributed by atoms with Gasteiger partial charge in [-0.1, -0.05) is 6.92 Å². The summed E-state index contributed by atoms with van der Waals surface area (Å²) in [7, 11) is 0. The van der Waals surface area contributed by atoms with Crippen LogP contribution in [-0.4, -0.2) is 11.9 Å². The number of nitriles is 1. The van der Waals surface area contributed by atoms with E-state index in [1.165, 1.54) is 6.26 Å². The van der Waals surface area contributed by atoms with Gasteiger partial charge in [-0.2, -0.15) is 5.26 Å². The van der Waals surface area contributed by atoms with E-state index in [0.29, 0.717) is 17.7 Å². The van der Waals surface area contributed by atoms with Crippen molar-refractivity contribution in [2.24, 2.45) is 5.92 Å². The van der Waals surface area contributed by atoms with E-state index in [1.807, 2.05) is 6.92 Å². The Labute approximate surface area is 101 Å². The van der Waals surface area contributed by atoms with E-state index in [0.717, 1.165) is 19.3 Å². The summed E-state index contributed by atoms with van der Waals surface area (Å²) in [5.74, 6) is 0.535. The van der Waals surface area contributed by atoms with E-state index in [4.69, 9.17) is 9.68 Å². The minimum atomic E-state index is -0.122. The van der Waals surface area contributed by atoms with Crippen LogP contribution >= 0.6 is 0 Å². The second kappa shape index (κ2) is 5.05. The van der Waals surface area contributed by atoms with Gasteiger partial charge in [0.15, 0.2) is 0 Å². The molecule has 1 aromatic rings. The SMILES string of the molecule is CCc1occc1C(=O)NC1CCCC1C#N. The highest BCUT2D eigenvalue weighted by molar-refractivity contribution is 5.95. The first-order valence-corrected chi connectivity index (χ1v) is 6.03. The molecule has 2 atom stereocenters. The van der Waals surface area contributed by atoms with Gasteiger partial charge in [-0.3, -0.25) is 4.79 Å². The van der Waals surface area contributed by atoms with Crippen LogP contribution < -0.4 is 5.32 Å². The molecular formula is C13H16N2O2. The fourth-order valence-electron chi connectivity index (χ4n) is 2.35. The molecule has 0 radical (unpaired) electrons. The Morgan fingerprint density at radius 3 is 3.18 bits per heavy atom. The van der Waals surface area contributed by atoms with Crippen molar-refractivity contribution in [3.05, 3.63) is 23.7 Å². The molecule has 1 aromatic heterocycles. The molecule has 1 N–H and O–H groups in total. The Bertz CT molecular complexity index is 445. The number of aryl methyl sites for hydroxylation is 1. The van der Waals surface area contributed by atoms with Crippen molar-refractivity contribution >= 4 is 5.91 Å². The summed E-state index contributed by atoms with van der Waals surface area (Å²) < 4.78 is 5.23. The van der Waals surface area contributed by atoms with E-state index >= 15 is 0 Å². The summed E-state index contributed by atoms with van der Waals surface area (Å²) in [5.41, 5.74) is 0.594. The number of nitrogens with one attached hydrogen (secondary N) is 1. The minimum Gasteiger partial charge on any atom is -0.469 e. The summed E-state index contributed by atoms with van der Waals surface area (Å²) in [6, 6.07) is 3.93. The molecule has 1 aliphatic rings. The first-order chi connectivity index (χ1) is 8.26. The second-order valence-electron chi connectivity index (χ2n) is 4.36. The number of hydrogen-bond acceptors (Lipinski definition) is 3. The van der Waals surface area contributed by atoms with E-state index < -0.39 is 0 Å². The predicted octanol–water partition coefficient (Wildman–Crippen LogP) is 2.26. The lowest BCUT2D eigenvalue weighted by atomic mass is 10.1. The van der Waals surface area contributed by atoms with Gasteiger partial charge in [0.05, 0.1) is 23.8 Å². The van der Waals surface area contributed by atoms with E-state index in [2.05, 4.69) is 11.4 Å². The van der Waals surface area contributed by atoms with Crippen molar-refractivity contribution in [3.63, 3.8) is 0 Å². The van der Waals surface area contributed by atoms with Crippen LogP contribution in [0.4, 0.5) is 0 Å². The average molecular weight is 232 g/mol. The molecule has 0 spiro atoms. The smallest absolute Gasteiger partial charge is 0.255 e. The Morgan fingerprint density at radius 1 is 1.65 bits per heavy atom. The van der Waals surface area contributed by atoms with Crippen LogP contribution in [0.2, 0.25) is 0 Å². The molecule has 1 amide bonds. The second-order valence-corrected chi connectivity index (χ2v) is 4.36. The third-order valence-corrected chi connectivity index (χ3v) is 3.31. The normalized spacial score (nSPS) is 23.3. The maximum absolute atomic E-state index is 12.0. The summed E-state index contributed by atoms with van der Waals surface area (Å²) in [5, 5.41) is 11.9.